The summed E-state index contributed by atoms with van der Waals surface area (Å²) in [6.07, 6.45) is 0.516. The third-order valence-corrected chi connectivity index (χ3v) is 10.1. The topological polar surface area (TPSA) is 135 Å². The van der Waals surface area contributed by atoms with Crippen molar-refractivity contribution in [3.05, 3.63) is 45.8 Å². The summed E-state index contributed by atoms with van der Waals surface area (Å²) in [5, 5.41) is 3.31. The summed E-state index contributed by atoms with van der Waals surface area (Å²) >= 11 is 1.29. The first kappa shape index (κ1) is 31.1. The molecule has 1 aromatic carbocycles. The molecule has 3 heterocycles. The summed E-state index contributed by atoms with van der Waals surface area (Å²) < 4.78 is 43.2. The molecule has 2 aliphatic rings. The largest absolute Gasteiger partial charge is 0.383 e. The number of fused-ring (bicyclic) bond motifs is 1. The lowest BCUT2D eigenvalue weighted by molar-refractivity contribution is -0.129. The van der Waals surface area contributed by atoms with E-state index in [0.29, 0.717) is 56.4 Å². The molecule has 3 amide bonds. The lowest BCUT2D eigenvalue weighted by Crippen LogP contribution is -2.41. The Hall–Kier alpha value is -2.88. The second-order valence-electron chi connectivity index (χ2n) is 9.67. The van der Waals surface area contributed by atoms with Crippen molar-refractivity contribution in [2.24, 2.45) is 0 Å². The van der Waals surface area contributed by atoms with E-state index < -0.39 is 15.9 Å². The van der Waals surface area contributed by atoms with Gasteiger partial charge in [-0.3, -0.25) is 14.4 Å². The third kappa shape index (κ3) is 7.13. The standard InChI is InChI=1S/C27H36N4O8S2/c1-19(32)30-9-8-22-23(18-30)40-26(24(22)27(34)29-10-16-39-17-11-29)28-25(33)20-4-6-21(7-5-20)41(35,36)31(12-14-37-2)13-15-38-3/h4-7H,8-18H2,1-3H3,(H,28,33). The van der Waals surface area contributed by atoms with Crippen LogP contribution in [0.4, 0.5) is 5.00 Å². The van der Waals surface area contributed by atoms with Crippen molar-refractivity contribution in [1.82, 2.24) is 14.1 Å². The van der Waals surface area contributed by atoms with Crippen LogP contribution in [0.5, 0.6) is 0 Å². The van der Waals surface area contributed by atoms with E-state index >= 15 is 0 Å². The van der Waals surface area contributed by atoms with Gasteiger partial charge >= 0.3 is 0 Å². The van der Waals surface area contributed by atoms with Gasteiger partial charge in [-0.05, 0) is 36.2 Å². The van der Waals surface area contributed by atoms with Crippen LogP contribution in [0.25, 0.3) is 0 Å². The number of methoxy groups -OCH3 is 2. The first-order chi connectivity index (χ1) is 19.7. The summed E-state index contributed by atoms with van der Waals surface area (Å²) in [4.78, 5) is 43.3. The molecule has 1 aromatic heterocycles. The van der Waals surface area contributed by atoms with E-state index in [1.165, 1.54) is 61.1 Å². The van der Waals surface area contributed by atoms with E-state index in [1.54, 1.807) is 9.80 Å². The van der Waals surface area contributed by atoms with Crippen LogP contribution in [0.15, 0.2) is 29.2 Å². The molecule has 0 unspecified atom stereocenters. The van der Waals surface area contributed by atoms with Crippen LogP contribution in [0.2, 0.25) is 0 Å². The fourth-order valence-electron chi connectivity index (χ4n) is 4.75. The van der Waals surface area contributed by atoms with Crippen LogP contribution in [-0.2, 0) is 42.0 Å². The molecular formula is C27H36N4O8S2. The number of nitrogens with one attached hydrogen (secondary N) is 1. The Kier molecular flexibility index (Phi) is 10.5. The Bertz CT molecular complexity index is 1350. The first-order valence-corrected chi connectivity index (χ1v) is 15.6. The van der Waals surface area contributed by atoms with Crippen molar-refractivity contribution >= 4 is 44.1 Å². The zero-order chi connectivity index (χ0) is 29.6. The molecule has 0 bridgehead atoms. The van der Waals surface area contributed by atoms with Gasteiger partial charge in [0, 0.05) is 64.3 Å². The molecule has 1 fully saturated rings. The molecule has 0 aliphatic carbocycles. The minimum Gasteiger partial charge on any atom is -0.383 e. The van der Waals surface area contributed by atoms with Crippen LogP contribution in [0.1, 0.15) is 38.1 Å². The summed E-state index contributed by atoms with van der Waals surface area (Å²) in [5.41, 5.74) is 1.55. The quantitative estimate of drug-likeness (QED) is 0.407. The number of ether oxygens (including phenoxy) is 3. The molecule has 2 aliphatic heterocycles. The minimum atomic E-state index is -3.84. The van der Waals surface area contributed by atoms with Gasteiger partial charge in [0.15, 0.2) is 0 Å². The average Bonchev–Trinajstić information content (AvgIpc) is 3.34. The van der Waals surface area contributed by atoms with E-state index in [2.05, 4.69) is 5.32 Å². The summed E-state index contributed by atoms with van der Waals surface area (Å²) in [7, 11) is -0.845. The maximum absolute atomic E-state index is 13.6. The van der Waals surface area contributed by atoms with E-state index in [9.17, 15) is 22.8 Å². The molecule has 0 saturated carbocycles. The van der Waals surface area contributed by atoms with Crippen molar-refractivity contribution in [3.63, 3.8) is 0 Å². The maximum Gasteiger partial charge on any atom is 0.257 e. The van der Waals surface area contributed by atoms with Crippen molar-refractivity contribution in [3.8, 4) is 0 Å². The van der Waals surface area contributed by atoms with E-state index in [4.69, 9.17) is 14.2 Å². The second-order valence-corrected chi connectivity index (χ2v) is 12.7. The molecule has 41 heavy (non-hydrogen) atoms. The van der Waals surface area contributed by atoms with Crippen LogP contribution in [-0.4, -0.2) is 114 Å². The number of rotatable bonds is 11. The number of thiophene rings is 1. The van der Waals surface area contributed by atoms with E-state index in [1.807, 2.05) is 0 Å². The molecule has 0 radical (unpaired) electrons. The molecule has 1 N–H and O–H groups in total. The van der Waals surface area contributed by atoms with Crippen molar-refractivity contribution in [1.29, 1.82) is 0 Å². The average molecular weight is 609 g/mol. The Morgan fingerprint density at radius 1 is 1.00 bits per heavy atom. The van der Waals surface area contributed by atoms with Gasteiger partial charge in [-0.15, -0.1) is 11.3 Å². The number of benzene rings is 1. The molecule has 1 saturated heterocycles. The van der Waals surface area contributed by atoms with Crippen LogP contribution in [0.3, 0.4) is 0 Å². The second kappa shape index (κ2) is 13.9. The van der Waals surface area contributed by atoms with Gasteiger partial charge in [0.1, 0.15) is 5.00 Å². The number of carbonyl (C=O) groups is 3. The number of hydrogen-bond acceptors (Lipinski definition) is 9. The molecule has 0 spiro atoms. The third-order valence-electron chi connectivity index (χ3n) is 7.09. The number of hydrogen-bond donors (Lipinski definition) is 1. The predicted molar refractivity (Wildman–Crippen MR) is 153 cm³/mol. The van der Waals surface area contributed by atoms with E-state index in [-0.39, 0.29) is 48.6 Å². The van der Waals surface area contributed by atoms with Gasteiger partial charge in [-0.2, -0.15) is 4.31 Å². The van der Waals surface area contributed by atoms with Crippen molar-refractivity contribution in [2.75, 3.05) is 78.7 Å². The molecule has 2 aromatic rings. The van der Waals surface area contributed by atoms with Gasteiger partial charge in [-0.1, -0.05) is 0 Å². The first-order valence-electron chi connectivity index (χ1n) is 13.3. The van der Waals surface area contributed by atoms with Gasteiger partial charge in [0.2, 0.25) is 15.9 Å². The van der Waals surface area contributed by atoms with Crippen molar-refractivity contribution in [2.45, 2.75) is 24.8 Å². The fourth-order valence-corrected chi connectivity index (χ4v) is 7.41. The van der Waals surface area contributed by atoms with Gasteiger partial charge in [0.25, 0.3) is 11.8 Å². The lowest BCUT2D eigenvalue weighted by atomic mass is 10.0. The maximum atomic E-state index is 13.6. The molecule has 14 heteroatoms. The van der Waals surface area contributed by atoms with Crippen molar-refractivity contribution < 1.29 is 37.0 Å². The molecule has 12 nitrogen and oxygen atoms in total. The molecule has 0 atom stereocenters. The molecular weight excluding hydrogens is 572 g/mol. The summed E-state index contributed by atoms with van der Waals surface area (Å²) in [6.45, 7) is 4.97. The Morgan fingerprint density at radius 2 is 1.63 bits per heavy atom. The highest BCUT2D eigenvalue weighted by atomic mass is 32.2. The van der Waals surface area contributed by atoms with Gasteiger partial charge in [0.05, 0.1) is 43.4 Å². The number of anilines is 1. The highest BCUT2D eigenvalue weighted by Crippen LogP contribution is 2.38. The SMILES string of the molecule is COCCN(CCOC)S(=O)(=O)c1ccc(C(=O)Nc2sc3c(c2C(=O)N2CCOCC2)CCN(C(C)=O)C3)cc1. The zero-order valence-corrected chi connectivity index (χ0v) is 25.1. The number of nitrogens with zero attached hydrogens (tertiary/aromatic N) is 3. The Balaban J connectivity index is 1.58. The number of amides is 3. The Labute approximate surface area is 244 Å². The predicted octanol–water partition coefficient (Wildman–Crippen LogP) is 1.66. The lowest BCUT2D eigenvalue weighted by Gasteiger charge is -2.29. The number of carbonyl (C=O) groups excluding carboxylic acids is 3. The monoisotopic (exact) mass is 608 g/mol. The highest BCUT2D eigenvalue weighted by molar-refractivity contribution is 7.89. The van der Waals surface area contributed by atoms with Crippen LogP contribution in [0, 0.1) is 0 Å². The normalized spacial score (nSPS) is 15.6. The van der Waals surface area contributed by atoms with Crippen LogP contribution >= 0.6 is 11.3 Å². The van der Waals surface area contributed by atoms with Gasteiger partial charge in [-0.25, -0.2) is 8.42 Å². The number of sulfonamides is 1. The smallest absolute Gasteiger partial charge is 0.257 e. The Morgan fingerprint density at radius 3 is 2.22 bits per heavy atom. The molecule has 4 rings (SSSR count). The minimum absolute atomic E-state index is 0.0420. The van der Waals surface area contributed by atoms with Gasteiger partial charge < -0.3 is 29.3 Å². The fraction of sp³-hybridized carbons (Fsp3) is 0.519. The molecule has 224 valence electrons. The summed E-state index contributed by atoms with van der Waals surface area (Å²) in [5.74, 6) is -0.692. The zero-order valence-electron chi connectivity index (χ0n) is 23.5. The van der Waals surface area contributed by atoms with E-state index in [0.717, 1.165) is 10.4 Å². The highest BCUT2D eigenvalue weighted by Gasteiger charge is 2.32. The number of morpholine rings is 1. The van der Waals surface area contributed by atoms with Crippen LogP contribution < -0.4 is 5.32 Å². The summed E-state index contributed by atoms with van der Waals surface area (Å²) in [6, 6.07) is 5.67.